The molecule has 0 amide bonds. The van der Waals surface area contributed by atoms with E-state index in [4.69, 9.17) is 9.47 Å². The van der Waals surface area contributed by atoms with E-state index in [9.17, 15) is 13.2 Å². The highest BCUT2D eigenvalue weighted by molar-refractivity contribution is 7.89. The van der Waals surface area contributed by atoms with Gasteiger partial charge in [0, 0.05) is 6.54 Å². The highest BCUT2D eigenvalue weighted by Gasteiger charge is 2.29. The lowest BCUT2D eigenvalue weighted by molar-refractivity contribution is -0.147. The summed E-state index contributed by atoms with van der Waals surface area (Å²) in [7, 11) is -2.46. The van der Waals surface area contributed by atoms with E-state index in [1.807, 2.05) is 23.1 Å². The minimum Gasteiger partial charge on any atom is -0.489 e. The van der Waals surface area contributed by atoms with Crippen molar-refractivity contribution in [1.82, 2.24) is 9.62 Å². The molecule has 1 N–H and O–H groups in total. The molecule has 1 atom stereocenters. The number of piperidine rings is 1. The van der Waals surface area contributed by atoms with Gasteiger partial charge in [-0.1, -0.05) is 42.8 Å². The van der Waals surface area contributed by atoms with E-state index in [2.05, 4.69) is 29.0 Å². The van der Waals surface area contributed by atoms with Crippen LogP contribution in [0.15, 0.2) is 71.6 Å². The molecule has 34 heavy (non-hydrogen) atoms. The van der Waals surface area contributed by atoms with Crippen LogP contribution in [0, 0.1) is 0 Å². The third kappa shape index (κ3) is 5.94. The molecule has 1 saturated heterocycles. The monoisotopic (exact) mass is 482 g/mol. The van der Waals surface area contributed by atoms with Crippen LogP contribution in [0.2, 0.25) is 0 Å². The summed E-state index contributed by atoms with van der Waals surface area (Å²) in [5.41, 5.74) is 1.03. The topological polar surface area (TPSA) is 84.9 Å². The van der Waals surface area contributed by atoms with E-state index in [1.165, 1.54) is 24.6 Å². The van der Waals surface area contributed by atoms with Crippen LogP contribution in [0.3, 0.4) is 0 Å². The van der Waals surface area contributed by atoms with Crippen LogP contribution in [-0.4, -0.2) is 52.1 Å². The summed E-state index contributed by atoms with van der Waals surface area (Å²) in [5.74, 6) is 0.148. The van der Waals surface area contributed by atoms with Gasteiger partial charge < -0.3 is 9.47 Å². The van der Waals surface area contributed by atoms with Crippen molar-refractivity contribution in [2.45, 2.75) is 36.8 Å². The summed E-state index contributed by atoms with van der Waals surface area (Å²) in [4.78, 5) is 14.4. The lowest BCUT2D eigenvalue weighted by atomic mass is 10.1. The number of carbonyl (C=O) groups excluding carboxylic acids is 1. The minimum atomic E-state index is -3.78. The first-order valence-corrected chi connectivity index (χ1v) is 13.0. The van der Waals surface area contributed by atoms with E-state index in [0.29, 0.717) is 12.4 Å². The summed E-state index contributed by atoms with van der Waals surface area (Å²) in [6.45, 7) is 1.86. The van der Waals surface area contributed by atoms with E-state index in [1.54, 1.807) is 12.1 Å². The average Bonchev–Trinajstić information content (AvgIpc) is 2.88. The number of rotatable bonds is 9. The van der Waals surface area contributed by atoms with Crippen LogP contribution in [0.4, 0.5) is 0 Å². The Bertz CT molecular complexity index is 1220. The highest BCUT2D eigenvalue weighted by Crippen LogP contribution is 2.20. The van der Waals surface area contributed by atoms with E-state index >= 15 is 0 Å². The molecule has 0 spiro atoms. The molecule has 1 unspecified atom stereocenters. The molecule has 0 saturated carbocycles. The second kappa shape index (κ2) is 11.0. The van der Waals surface area contributed by atoms with Crippen molar-refractivity contribution in [3.63, 3.8) is 0 Å². The number of esters is 1. The summed E-state index contributed by atoms with van der Waals surface area (Å²) in [6.07, 6.45) is 3.09. The lowest BCUT2D eigenvalue weighted by Gasteiger charge is -2.32. The van der Waals surface area contributed by atoms with Gasteiger partial charge in [0.15, 0.2) is 0 Å². The van der Waals surface area contributed by atoms with Gasteiger partial charge in [0.05, 0.1) is 12.0 Å². The second-order valence-electron chi connectivity index (χ2n) is 8.43. The fraction of sp³-hybridized carbons (Fsp3) is 0.346. The first kappa shape index (κ1) is 24.2. The van der Waals surface area contributed by atoms with Gasteiger partial charge in [0.2, 0.25) is 10.0 Å². The molecule has 1 fully saturated rings. The standard InChI is InChI=1S/C26H30N2O5S/c1-32-26(29)25(28-15-5-2-6-16-28)18-27-34(30,31)24-13-11-23(12-14-24)33-19-20-9-10-21-7-3-4-8-22(21)17-20/h3-4,7-14,17,25,27H,2,5-6,15-16,18-19H2,1H3. The van der Waals surface area contributed by atoms with Gasteiger partial charge in [0.25, 0.3) is 0 Å². The minimum absolute atomic E-state index is 0.0325. The molecule has 0 bridgehead atoms. The Morgan fingerprint density at radius 1 is 0.971 bits per heavy atom. The number of hydrogen-bond donors (Lipinski definition) is 1. The Morgan fingerprint density at radius 2 is 1.68 bits per heavy atom. The first-order chi connectivity index (χ1) is 16.5. The lowest BCUT2D eigenvalue weighted by Crippen LogP contribution is -2.50. The van der Waals surface area contributed by atoms with Gasteiger partial charge in [-0.3, -0.25) is 9.69 Å². The molecule has 3 aromatic rings. The second-order valence-corrected chi connectivity index (χ2v) is 10.2. The van der Waals surface area contributed by atoms with E-state index < -0.39 is 22.0 Å². The number of nitrogens with zero attached hydrogens (tertiary/aromatic N) is 1. The third-order valence-corrected chi connectivity index (χ3v) is 7.56. The summed E-state index contributed by atoms with van der Waals surface area (Å²) in [5, 5.41) is 2.31. The Labute approximate surface area is 200 Å². The Morgan fingerprint density at radius 3 is 2.38 bits per heavy atom. The number of ether oxygens (including phenoxy) is 2. The normalized spacial score (nSPS) is 15.7. The number of hydrogen-bond acceptors (Lipinski definition) is 6. The number of nitrogens with one attached hydrogen (secondary N) is 1. The van der Waals surface area contributed by atoms with Crippen LogP contribution in [0.1, 0.15) is 24.8 Å². The number of carbonyl (C=O) groups is 1. The van der Waals surface area contributed by atoms with Crippen LogP contribution >= 0.6 is 0 Å². The molecule has 0 aliphatic carbocycles. The zero-order chi connectivity index (χ0) is 24.0. The SMILES string of the molecule is COC(=O)C(CNS(=O)(=O)c1ccc(OCc2ccc3ccccc3c2)cc1)N1CCCCC1. The van der Waals surface area contributed by atoms with Crippen molar-refractivity contribution in [3.05, 3.63) is 72.3 Å². The number of likely N-dealkylation sites (tertiary alicyclic amines) is 1. The van der Waals surface area contributed by atoms with E-state index in [0.717, 1.165) is 43.3 Å². The fourth-order valence-corrected chi connectivity index (χ4v) is 5.25. The maximum atomic E-state index is 12.8. The average molecular weight is 483 g/mol. The Kier molecular flexibility index (Phi) is 7.82. The number of sulfonamides is 1. The molecule has 4 rings (SSSR count). The van der Waals surface area contributed by atoms with Crippen LogP contribution < -0.4 is 9.46 Å². The molecule has 7 nitrogen and oxygen atoms in total. The van der Waals surface area contributed by atoms with Crippen LogP contribution in [0.5, 0.6) is 5.75 Å². The van der Waals surface area contributed by atoms with E-state index in [-0.39, 0.29) is 11.4 Å². The third-order valence-electron chi connectivity index (χ3n) is 6.12. The predicted octanol–water partition coefficient (Wildman–Crippen LogP) is 3.72. The quantitative estimate of drug-likeness (QED) is 0.468. The van der Waals surface area contributed by atoms with Crippen molar-refractivity contribution < 1.29 is 22.7 Å². The zero-order valence-electron chi connectivity index (χ0n) is 19.3. The summed E-state index contributed by atoms with van der Waals surface area (Å²) < 4.78 is 39.0. The molecule has 3 aromatic carbocycles. The smallest absolute Gasteiger partial charge is 0.324 e. The molecule has 0 aromatic heterocycles. The van der Waals surface area contributed by atoms with Gasteiger partial charge >= 0.3 is 5.97 Å². The van der Waals surface area contributed by atoms with Gasteiger partial charge in [-0.05, 0) is 72.6 Å². The molecular formula is C26H30N2O5S. The largest absolute Gasteiger partial charge is 0.489 e. The van der Waals surface area contributed by atoms with Gasteiger partial charge in [-0.2, -0.15) is 0 Å². The molecule has 1 aliphatic rings. The molecule has 0 radical (unpaired) electrons. The predicted molar refractivity (Wildman–Crippen MR) is 131 cm³/mol. The number of fused-ring (bicyclic) bond motifs is 1. The molecule has 8 heteroatoms. The molecule has 1 heterocycles. The van der Waals surface area contributed by atoms with Gasteiger partial charge in [-0.25, -0.2) is 13.1 Å². The van der Waals surface area contributed by atoms with Crippen LogP contribution in [-0.2, 0) is 26.2 Å². The molecule has 1 aliphatic heterocycles. The summed E-state index contributed by atoms with van der Waals surface area (Å²) >= 11 is 0. The Hall–Kier alpha value is -2.94. The zero-order valence-corrected chi connectivity index (χ0v) is 20.1. The van der Waals surface area contributed by atoms with Crippen molar-refractivity contribution >= 4 is 26.8 Å². The highest BCUT2D eigenvalue weighted by atomic mass is 32.2. The van der Waals surface area contributed by atoms with Crippen molar-refractivity contribution in [2.75, 3.05) is 26.7 Å². The van der Waals surface area contributed by atoms with Gasteiger partial charge in [0.1, 0.15) is 18.4 Å². The van der Waals surface area contributed by atoms with Crippen molar-refractivity contribution in [3.8, 4) is 5.75 Å². The van der Waals surface area contributed by atoms with Gasteiger partial charge in [-0.15, -0.1) is 0 Å². The maximum Gasteiger partial charge on any atom is 0.324 e. The van der Waals surface area contributed by atoms with Crippen molar-refractivity contribution in [1.29, 1.82) is 0 Å². The number of methoxy groups -OCH3 is 1. The maximum absolute atomic E-state index is 12.8. The fourth-order valence-electron chi connectivity index (χ4n) is 4.21. The Balaban J connectivity index is 1.36. The van der Waals surface area contributed by atoms with Crippen molar-refractivity contribution in [2.24, 2.45) is 0 Å². The number of benzene rings is 3. The summed E-state index contributed by atoms with van der Waals surface area (Å²) in [6, 6.07) is 19.9. The molecule has 180 valence electrons. The molecular weight excluding hydrogens is 452 g/mol. The van der Waals surface area contributed by atoms with Crippen LogP contribution in [0.25, 0.3) is 10.8 Å². The first-order valence-electron chi connectivity index (χ1n) is 11.5.